The summed E-state index contributed by atoms with van der Waals surface area (Å²) >= 11 is 3.49. The molecule has 2 atom stereocenters. The third kappa shape index (κ3) is 3.02. The molecule has 1 aromatic rings. The normalized spacial score (nSPS) is 25.0. The van der Waals surface area contributed by atoms with E-state index in [4.69, 9.17) is 5.73 Å². The van der Waals surface area contributed by atoms with Crippen LogP contribution in [0, 0.1) is 5.92 Å². The summed E-state index contributed by atoms with van der Waals surface area (Å²) in [5, 5.41) is 0. The maximum Gasteiger partial charge on any atom is 0.230 e. The lowest BCUT2D eigenvalue weighted by Crippen LogP contribution is -2.40. The fraction of sp³-hybridized carbons (Fsp3) is 0.533. The topological polar surface area (TPSA) is 46.3 Å². The van der Waals surface area contributed by atoms with Crippen molar-refractivity contribution in [3.8, 4) is 0 Å². The van der Waals surface area contributed by atoms with Crippen molar-refractivity contribution in [3.63, 3.8) is 0 Å². The highest BCUT2D eigenvalue weighted by atomic mass is 79.9. The summed E-state index contributed by atoms with van der Waals surface area (Å²) in [5.74, 6) is 0.390. The van der Waals surface area contributed by atoms with Gasteiger partial charge in [0.2, 0.25) is 5.91 Å². The van der Waals surface area contributed by atoms with Gasteiger partial charge in [0.1, 0.15) is 0 Å². The smallest absolute Gasteiger partial charge is 0.230 e. The summed E-state index contributed by atoms with van der Waals surface area (Å²) in [5.41, 5.74) is 8.36. The summed E-state index contributed by atoms with van der Waals surface area (Å²) in [6.07, 6.45) is 4.95. The van der Waals surface area contributed by atoms with E-state index in [-0.39, 0.29) is 30.3 Å². The Morgan fingerprint density at radius 1 is 1.35 bits per heavy atom. The molecule has 110 valence electrons. The standard InChI is InChI=1S/C15H19BrN2O.ClH/c16-12-5-4-10-6-7-18(14(10)9-12)15(19)11-2-1-3-13(17)8-11;/h4-5,9,11,13H,1-3,6-8,17H2;1H. The number of nitrogens with two attached hydrogens (primary N) is 1. The predicted octanol–water partition coefficient (Wildman–Crippen LogP) is 3.28. The molecule has 3 rings (SSSR count). The molecule has 2 aliphatic rings. The Bertz CT molecular complexity index is 509. The summed E-state index contributed by atoms with van der Waals surface area (Å²) in [6, 6.07) is 6.42. The van der Waals surface area contributed by atoms with Gasteiger partial charge in [-0.1, -0.05) is 28.4 Å². The van der Waals surface area contributed by atoms with E-state index in [9.17, 15) is 4.79 Å². The fourth-order valence-corrected chi connectivity index (χ4v) is 3.60. The Hall–Kier alpha value is -0.580. The molecule has 0 radical (unpaired) electrons. The first-order chi connectivity index (χ1) is 9.15. The molecule has 0 saturated heterocycles. The van der Waals surface area contributed by atoms with E-state index in [0.29, 0.717) is 0 Å². The molecule has 0 aromatic heterocycles. The molecule has 1 aliphatic carbocycles. The highest BCUT2D eigenvalue weighted by Gasteiger charge is 2.32. The highest BCUT2D eigenvalue weighted by Crippen LogP contribution is 2.34. The zero-order chi connectivity index (χ0) is 13.4. The van der Waals surface area contributed by atoms with Crippen LogP contribution in [0.4, 0.5) is 5.69 Å². The molecule has 2 unspecified atom stereocenters. The van der Waals surface area contributed by atoms with E-state index >= 15 is 0 Å². The Morgan fingerprint density at radius 2 is 2.15 bits per heavy atom. The van der Waals surface area contributed by atoms with Gasteiger partial charge >= 0.3 is 0 Å². The van der Waals surface area contributed by atoms with Gasteiger partial charge in [0.15, 0.2) is 0 Å². The molecular formula is C15H20BrClN2O. The van der Waals surface area contributed by atoms with Gasteiger partial charge in [-0.25, -0.2) is 0 Å². The molecule has 1 aliphatic heterocycles. The van der Waals surface area contributed by atoms with E-state index in [1.54, 1.807) is 0 Å². The predicted molar refractivity (Wildman–Crippen MR) is 87.4 cm³/mol. The molecular weight excluding hydrogens is 340 g/mol. The van der Waals surface area contributed by atoms with Gasteiger partial charge in [-0.3, -0.25) is 4.79 Å². The molecule has 5 heteroatoms. The quantitative estimate of drug-likeness (QED) is 0.836. The molecule has 20 heavy (non-hydrogen) atoms. The zero-order valence-corrected chi connectivity index (χ0v) is 13.8. The van der Waals surface area contributed by atoms with Crippen molar-refractivity contribution >= 4 is 39.9 Å². The van der Waals surface area contributed by atoms with Crippen LogP contribution in [0.15, 0.2) is 22.7 Å². The molecule has 1 aromatic carbocycles. The molecule has 1 fully saturated rings. The van der Waals surface area contributed by atoms with E-state index in [1.165, 1.54) is 5.56 Å². The van der Waals surface area contributed by atoms with Crippen molar-refractivity contribution < 1.29 is 4.79 Å². The van der Waals surface area contributed by atoms with Gasteiger partial charge in [-0.05, 0) is 43.4 Å². The zero-order valence-electron chi connectivity index (χ0n) is 11.3. The lowest BCUT2D eigenvalue weighted by atomic mass is 9.85. The minimum atomic E-state index is 0. The number of anilines is 1. The Balaban J connectivity index is 0.00000147. The average Bonchev–Trinajstić information content (AvgIpc) is 2.80. The van der Waals surface area contributed by atoms with Crippen molar-refractivity contribution in [2.24, 2.45) is 11.7 Å². The van der Waals surface area contributed by atoms with Gasteiger partial charge in [0.25, 0.3) is 0 Å². The maximum atomic E-state index is 12.7. The molecule has 1 saturated carbocycles. The summed E-state index contributed by atoms with van der Waals surface area (Å²) in [6.45, 7) is 0.816. The van der Waals surface area contributed by atoms with Crippen LogP contribution in [0.2, 0.25) is 0 Å². The number of halogens is 2. The van der Waals surface area contributed by atoms with Crippen molar-refractivity contribution in [3.05, 3.63) is 28.2 Å². The van der Waals surface area contributed by atoms with Gasteiger partial charge in [0.05, 0.1) is 0 Å². The van der Waals surface area contributed by atoms with Gasteiger partial charge in [-0.2, -0.15) is 0 Å². The Kier molecular flexibility index (Phi) is 5.10. The van der Waals surface area contributed by atoms with E-state index < -0.39 is 0 Å². The van der Waals surface area contributed by atoms with Crippen LogP contribution >= 0.6 is 28.3 Å². The van der Waals surface area contributed by atoms with Crippen molar-refractivity contribution in [1.29, 1.82) is 0 Å². The first-order valence-electron chi connectivity index (χ1n) is 7.00. The van der Waals surface area contributed by atoms with E-state index in [1.807, 2.05) is 11.0 Å². The molecule has 1 amide bonds. The van der Waals surface area contributed by atoms with Gasteiger partial charge in [-0.15, -0.1) is 12.4 Å². The van der Waals surface area contributed by atoms with Crippen LogP contribution in [0.3, 0.4) is 0 Å². The first kappa shape index (κ1) is 15.8. The molecule has 2 N–H and O–H groups in total. The third-order valence-electron chi connectivity index (χ3n) is 4.27. The number of amides is 1. The third-order valence-corrected chi connectivity index (χ3v) is 4.77. The number of fused-ring (bicyclic) bond motifs is 1. The van der Waals surface area contributed by atoms with Crippen LogP contribution in [0.1, 0.15) is 31.2 Å². The second-order valence-electron chi connectivity index (χ2n) is 5.64. The van der Waals surface area contributed by atoms with Crippen molar-refractivity contribution in [1.82, 2.24) is 0 Å². The number of benzene rings is 1. The molecule has 3 nitrogen and oxygen atoms in total. The number of nitrogens with zero attached hydrogens (tertiary/aromatic N) is 1. The maximum absolute atomic E-state index is 12.7. The lowest BCUT2D eigenvalue weighted by Gasteiger charge is -2.29. The first-order valence-corrected chi connectivity index (χ1v) is 7.80. The molecule has 0 bridgehead atoms. The lowest BCUT2D eigenvalue weighted by molar-refractivity contribution is -0.123. The number of hydrogen-bond acceptors (Lipinski definition) is 2. The average molecular weight is 360 g/mol. The van der Waals surface area contributed by atoms with Crippen LogP contribution in [0.25, 0.3) is 0 Å². The summed E-state index contributed by atoms with van der Waals surface area (Å²) in [7, 11) is 0. The van der Waals surface area contributed by atoms with Crippen LogP contribution in [-0.2, 0) is 11.2 Å². The molecule has 1 heterocycles. The minimum absolute atomic E-state index is 0. The SMILES string of the molecule is Cl.NC1CCCC(C(=O)N2CCc3ccc(Br)cc32)C1. The number of rotatable bonds is 1. The van der Waals surface area contributed by atoms with Crippen molar-refractivity contribution in [2.45, 2.75) is 38.1 Å². The van der Waals surface area contributed by atoms with Gasteiger partial charge in [0, 0.05) is 28.7 Å². The fourth-order valence-electron chi connectivity index (χ4n) is 3.25. The number of hydrogen-bond donors (Lipinski definition) is 1. The monoisotopic (exact) mass is 358 g/mol. The number of carbonyl (C=O) groups excluding carboxylic acids is 1. The van der Waals surface area contributed by atoms with Crippen LogP contribution in [-0.4, -0.2) is 18.5 Å². The summed E-state index contributed by atoms with van der Waals surface area (Å²) in [4.78, 5) is 14.6. The largest absolute Gasteiger partial charge is 0.328 e. The van der Waals surface area contributed by atoms with E-state index in [0.717, 1.165) is 48.8 Å². The second-order valence-corrected chi connectivity index (χ2v) is 6.55. The van der Waals surface area contributed by atoms with E-state index in [2.05, 4.69) is 28.1 Å². The van der Waals surface area contributed by atoms with Crippen molar-refractivity contribution in [2.75, 3.05) is 11.4 Å². The highest BCUT2D eigenvalue weighted by molar-refractivity contribution is 9.10. The molecule has 0 spiro atoms. The second kappa shape index (κ2) is 6.46. The Morgan fingerprint density at radius 3 is 2.90 bits per heavy atom. The number of carbonyl (C=O) groups is 1. The summed E-state index contributed by atoms with van der Waals surface area (Å²) < 4.78 is 1.03. The Labute approximate surface area is 134 Å². The minimum Gasteiger partial charge on any atom is -0.328 e. The van der Waals surface area contributed by atoms with Gasteiger partial charge < -0.3 is 10.6 Å². The van der Waals surface area contributed by atoms with Crippen LogP contribution < -0.4 is 10.6 Å². The van der Waals surface area contributed by atoms with Crippen LogP contribution in [0.5, 0.6) is 0 Å².